The van der Waals surface area contributed by atoms with Gasteiger partial charge in [-0.2, -0.15) is 12.1 Å². The molecule has 0 amide bonds. The average Bonchev–Trinajstić information content (AvgIpc) is 3.82. The maximum absolute atomic E-state index is 2.34. The first-order chi connectivity index (χ1) is 23.2. The van der Waals surface area contributed by atoms with Crippen molar-refractivity contribution in [3.05, 3.63) is 168 Å². The van der Waals surface area contributed by atoms with E-state index in [-0.39, 0.29) is 17.1 Å². The Morgan fingerprint density at radius 3 is 1.00 bits per heavy atom. The van der Waals surface area contributed by atoms with Gasteiger partial charge >= 0.3 is 0 Å². The summed E-state index contributed by atoms with van der Waals surface area (Å²) in [6, 6.07) is 53.9. The van der Waals surface area contributed by atoms with Crippen molar-refractivity contribution in [2.45, 2.75) is 79.1 Å². The predicted molar refractivity (Wildman–Crippen MR) is 218 cm³/mol. The molecule has 0 nitrogen and oxygen atoms in total. The molecule has 0 aliphatic heterocycles. The Balaban J connectivity index is 0.000000216. The fourth-order valence-corrected chi connectivity index (χ4v) is 12.4. The van der Waals surface area contributed by atoms with Crippen LogP contribution in [0, 0.1) is 0 Å². The fraction of sp³-hybridized carbons (Fsp3) is 0.261. The molecule has 0 aliphatic carbocycles. The molecule has 0 saturated carbocycles. The van der Waals surface area contributed by atoms with Crippen LogP contribution in [0.3, 0.4) is 0 Å². The molecule has 0 spiro atoms. The normalized spacial score (nSPS) is 11.4. The summed E-state index contributed by atoms with van der Waals surface area (Å²) in [4.78, 5) is 0. The molecule has 0 N–H and O–H groups in total. The van der Waals surface area contributed by atoms with Gasteiger partial charge in [-0.15, -0.1) is 5.30 Å². The Labute approximate surface area is 310 Å². The molecule has 6 aromatic rings. The topological polar surface area (TPSA) is 0 Å². The molecular weight excluding hydrogens is 670 g/mol. The third-order valence-corrected chi connectivity index (χ3v) is 14.2. The van der Waals surface area contributed by atoms with Crippen LogP contribution in [0.2, 0.25) is 0 Å². The third-order valence-electron chi connectivity index (χ3n) is 9.01. The first kappa shape index (κ1) is 38.8. The standard InChI is InChI=1S/2C23H26P.Fe/c2*1-17(2)20-13-7-9-15-22(20)24(19-11-5-6-12-19)23-16-10-8-14-21(23)18(3)4;/h2*5-18H,1-4H3;/q-5;-1;. The summed E-state index contributed by atoms with van der Waals surface area (Å²) >= 11 is 0. The maximum Gasteiger partial charge on any atom is 0 e. The van der Waals surface area contributed by atoms with Crippen molar-refractivity contribution in [3.8, 4) is 0 Å². The van der Waals surface area contributed by atoms with Crippen LogP contribution in [0.4, 0.5) is 0 Å². The summed E-state index contributed by atoms with van der Waals surface area (Å²) in [5.41, 5.74) is 5.90. The van der Waals surface area contributed by atoms with Gasteiger partial charge in [0.05, 0.1) is 0 Å². The van der Waals surface area contributed by atoms with Crippen molar-refractivity contribution in [3.63, 3.8) is 0 Å². The maximum atomic E-state index is 2.34. The van der Waals surface area contributed by atoms with Crippen molar-refractivity contribution < 1.29 is 17.1 Å². The van der Waals surface area contributed by atoms with Crippen LogP contribution in [-0.2, 0) is 17.1 Å². The van der Waals surface area contributed by atoms with E-state index in [2.05, 4.69) is 201 Å². The van der Waals surface area contributed by atoms with Gasteiger partial charge in [0.2, 0.25) is 0 Å². The van der Waals surface area contributed by atoms with Crippen LogP contribution in [0.5, 0.6) is 0 Å². The average molecular weight is 723 g/mol. The van der Waals surface area contributed by atoms with Crippen molar-refractivity contribution >= 4 is 47.7 Å². The van der Waals surface area contributed by atoms with E-state index < -0.39 is 15.8 Å². The molecule has 0 fully saturated rings. The minimum absolute atomic E-state index is 0. The Hall–Kier alpha value is -3.04. The zero-order valence-corrected chi connectivity index (χ0v) is 33.3. The van der Waals surface area contributed by atoms with Crippen molar-refractivity contribution in [2.75, 3.05) is 0 Å². The zero-order chi connectivity index (χ0) is 34.2. The van der Waals surface area contributed by atoms with Gasteiger partial charge < -0.3 is 29.6 Å². The number of hydrogen-bond donors (Lipinski definition) is 0. The molecule has 0 radical (unpaired) electrons. The van der Waals surface area contributed by atoms with Gasteiger partial charge in [-0.1, -0.05) is 160 Å². The molecule has 6 aromatic carbocycles. The van der Waals surface area contributed by atoms with Gasteiger partial charge in [-0.3, -0.25) is 0 Å². The molecule has 3 heteroatoms. The molecule has 0 unspecified atom stereocenters. The number of rotatable bonds is 10. The van der Waals surface area contributed by atoms with Crippen LogP contribution in [0.1, 0.15) is 101 Å². The van der Waals surface area contributed by atoms with E-state index in [1.54, 1.807) is 0 Å². The van der Waals surface area contributed by atoms with Crippen molar-refractivity contribution in [1.82, 2.24) is 0 Å². The molecule has 6 rings (SSSR count). The van der Waals surface area contributed by atoms with Crippen molar-refractivity contribution in [2.24, 2.45) is 0 Å². The van der Waals surface area contributed by atoms with Gasteiger partial charge in [-0.05, 0) is 67.1 Å². The fourth-order valence-electron chi connectivity index (χ4n) is 6.56. The molecule has 0 aliphatic rings. The minimum Gasteiger partial charge on any atom is -0.747 e. The van der Waals surface area contributed by atoms with Crippen LogP contribution in [0.15, 0.2) is 146 Å². The third kappa shape index (κ3) is 9.20. The summed E-state index contributed by atoms with van der Waals surface area (Å²) in [6.45, 7) is 18.4. The van der Waals surface area contributed by atoms with Crippen molar-refractivity contribution in [1.29, 1.82) is 0 Å². The minimum atomic E-state index is -0.515. The second-order valence-electron chi connectivity index (χ2n) is 13.8. The van der Waals surface area contributed by atoms with Gasteiger partial charge in [0.15, 0.2) is 0 Å². The van der Waals surface area contributed by atoms with E-state index in [1.165, 1.54) is 54.1 Å². The SMILES string of the molecule is CC(C)c1ccccc1P(c1ccccc1C(C)C)[c-]1[cH-][cH-][cH-][cH-]1.CC(C)c1ccccc1P(c1ccccc1C(C)C)[c-]1cccc1.[Fe]. The first-order valence-electron chi connectivity index (χ1n) is 17.6. The monoisotopic (exact) mass is 722 g/mol. The second-order valence-corrected chi connectivity index (χ2v) is 18.1. The van der Waals surface area contributed by atoms with Gasteiger partial charge in [-0.25, -0.2) is 20.1 Å². The van der Waals surface area contributed by atoms with E-state index in [1.807, 2.05) is 0 Å². The number of benzene rings is 4. The molecule has 0 bridgehead atoms. The summed E-state index contributed by atoms with van der Waals surface area (Å²) < 4.78 is 0. The smallest absolute Gasteiger partial charge is 0 e. The summed E-state index contributed by atoms with van der Waals surface area (Å²) in [5, 5.41) is 8.91. The van der Waals surface area contributed by atoms with E-state index in [0.717, 1.165) is 0 Å². The molecule has 260 valence electrons. The molecule has 0 heterocycles. The van der Waals surface area contributed by atoms with E-state index in [9.17, 15) is 0 Å². The largest absolute Gasteiger partial charge is 0.747 e. The summed E-state index contributed by atoms with van der Waals surface area (Å²) in [6.07, 6.45) is 0. The van der Waals surface area contributed by atoms with Gasteiger partial charge in [0.25, 0.3) is 0 Å². The quantitative estimate of drug-likeness (QED) is 0.0750. The van der Waals surface area contributed by atoms with E-state index in [4.69, 9.17) is 0 Å². The van der Waals surface area contributed by atoms with Gasteiger partial charge in [0, 0.05) is 17.1 Å². The Kier molecular flexibility index (Phi) is 14.5. The van der Waals surface area contributed by atoms with Crippen LogP contribution < -0.4 is 31.8 Å². The Morgan fingerprint density at radius 1 is 0.408 bits per heavy atom. The summed E-state index contributed by atoms with van der Waals surface area (Å²) in [7, 11) is -1.03. The van der Waals surface area contributed by atoms with Crippen LogP contribution in [0.25, 0.3) is 0 Å². The molecule has 0 atom stereocenters. The van der Waals surface area contributed by atoms with E-state index >= 15 is 0 Å². The van der Waals surface area contributed by atoms with Gasteiger partial charge in [0.1, 0.15) is 0 Å². The zero-order valence-electron chi connectivity index (χ0n) is 30.4. The second kappa shape index (κ2) is 18.3. The first-order valence-corrected chi connectivity index (χ1v) is 20.3. The molecule has 0 aromatic heterocycles. The van der Waals surface area contributed by atoms with E-state index in [0.29, 0.717) is 23.7 Å². The van der Waals surface area contributed by atoms with Crippen LogP contribution in [-0.4, -0.2) is 0 Å². The predicted octanol–water partition coefficient (Wildman–Crippen LogP) is 10.8. The Morgan fingerprint density at radius 2 is 0.694 bits per heavy atom. The number of hydrogen-bond acceptors (Lipinski definition) is 0. The molecular formula is C46H52FeP2-6. The Bertz CT molecular complexity index is 1600. The molecule has 0 saturated heterocycles. The summed E-state index contributed by atoms with van der Waals surface area (Å²) in [5.74, 6) is 2.14. The van der Waals surface area contributed by atoms with Crippen LogP contribution >= 0.6 is 15.8 Å². The molecule has 49 heavy (non-hydrogen) atoms.